The fourth-order valence-corrected chi connectivity index (χ4v) is 2.05. The van der Waals surface area contributed by atoms with Crippen molar-refractivity contribution >= 4 is 6.03 Å². The zero-order chi connectivity index (χ0) is 12.7. The Kier molecular flexibility index (Phi) is 6.05. The standard InChI is InChI=1S/C13H24N2O2/c1-11(2)5-3-7-14-13(17)15-8-4-6-12(9-15)10-16/h5,12,16H,3-4,6-10H2,1-2H3,(H,14,17)/t12-/m0/s1. The van der Waals surface area contributed by atoms with Gasteiger partial charge in [0.2, 0.25) is 0 Å². The highest BCUT2D eigenvalue weighted by molar-refractivity contribution is 5.74. The van der Waals surface area contributed by atoms with E-state index in [-0.39, 0.29) is 18.6 Å². The minimum absolute atomic E-state index is 0.00491. The maximum atomic E-state index is 11.8. The van der Waals surface area contributed by atoms with Crippen LogP contribution in [0, 0.1) is 5.92 Å². The van der Waals surface area contributed by atoms with E-state index in [0.29, 0.717) is 13.1 Å². The summed E-state index contributed by atoms with van der Waals surface area (Å²) in [5.74, 6) is 0.257. The first-order valence-corrected chi connectivity index (χ1v) is 6.40. The van der Waals surface area contributed by atoms with Crippen LogP contribution in [0.15, 0.2) is 11.6 Å². The van der Waals surface area contributed by atoms with Crippen molar-refractivity contribution in [3.05, 3.63) is 11.6 Å². The van der Waals surface area contributed by atoms with E-state index in [2.05, 4.69) is 25.2 Å². The molecule has 4 nitrogen and oxygen atoms in total. The summed E-state index contributed by atoms with van der Waals surface area (Å²) in [6.07, 6.45) is 5.02. The minimum Gasteiger partial charge on any atom is -0.396 e. The Hall–Kier alpha value is -1.03. The first-order chi connectivity index (χ1) is 8.13. The molecule has 0 aliphatic carbocycles. The lowest BCUT2D eigenvalue weighted by Gasteiger charge is -2.31. The highest BCUT2D eigenvalue weighted by Gasteiger charge is 2.22. The van der Waals surface area contributed by atoms with E-state index in [9.17, 15) is 4.79 Å². The molecule has 0 aromatic heterocycles. The van der Waals surface area contributed by atoms with Crippen LogP contribution in [-0.4, -0.2) is 42.3 Å². The van der Waals surface area contributed by atoms with E-state index >= 15 is 0 Å². The van der Waals surface area contributed by atoms with Gasteiger partial charge in [-0.15, -0.1) is 0 Å². The predicted octanol–water partition coefficient (Wildman–Crippen LogP) is 1.76. The Morgan fingerprint density at radius 2 is 2.29 bits per heavy atom. The van der Waals surface area contributed by atoms with Crippen molar-refractivity contribution in [2.45, 2.75) is 33.1 Å². The van der Waals surface area contributed by atoms with Gasteiger partial charge in [-0.05, 0) is 39.0 Å². The van der Waals surface area contributed by atoms with Gasteiger partial charge in [-0.1, -0.05) is 11.6 Å². The Bertz CT molecular complexity index is 273. The molecule has 0 radical (unpaired) electrons. The molecule has 0 saturated carbocycles. The largest absolute Gasteiger partial charge is 0.396 e. The Morgan fingerprint density at radius 3 is 2.94 bits per heavy atom. The highest BCUT2D eigenvalue weighted by atomic mass is 16.3. The minimum atomic E-state index is 0.00491. The quantitative estimate of drug-likeness (QED) is 0.581. The fraction of sp³-hybridized carbons (Fsp3) is 0.769. The summed E-state index contributed by atoms with van der Waals surface area (Å²) >= 11 is 0. The summed E-state index contributed by atoms with van der Waals surface area (Å²) in [6.45, 7) is 6.47. The Morgan fingerprint density at radius 1 is 1.53 bits per heavy atom. The summed E-state index contributed by atoms with van der Waals surface area (Å²) in [5, 5.41) is 12.0. The molecule has 0 aromatic carbocycles. The number of aliphatic hydroxyl groups excluding tert-OH is 1. The molecule has 1 heterocycles. The molecule has 0 aromatic rings. The maximum absolute atomic E-state index is 11.8. The van der Waals surface area contributed by atoms with E-state index in [1.165, 1.54) is 5.57 Å². The lowest BCUT2D eigenvalue weighted by atomic mass is 9.99. The van der Waals surface area contributed by atoms with E-state index in [1.54, 1.807) is 0 Å². The van der Waals surface area contributed by atoms with E-state index in [4.69, 9.17) is 5.11 Å². The molecule has 0 unspecified atom stereocenters. The lowest BCUT2D eigenvalue weighted by molar-refractivity contribution is 0.130. The molecule has 98 valence electrons. The number of aliphatic hydroxyl groups is 1. The van der Waals surface area contributed by atoms with Crippen molar-refractivity contribution in [1.29, 1.82) is 0 Å². The Balaban J connectivity index is 2.25. The second-order valence-corrected chi connectivity index (χ2v) is 4.94. The number of urea groups is 1. The van der Waals surface area contributed by atoms with Gasteiger partial charge in [0.1, 0.15) is 0 Å². The molecule has 17 heavy (non-hydrogen) atoms. The second-order valence-electron chi connectivity index (χ2n) is 4.94. The fourth-order valence-electron chi connectivity index (χ4n) is 2.05. The van der Waals surface area contributed by atoms with Crippen LogP contribution in [0.4, 0.5) is 4.79 Å². The molecule has 4 heteroatoms. The zero-order valence-electron chi connectivity index (χ0n) is 10.9. The molecule has 1 aliphatic rings. The number of nitrogens with one attached hydrogen (secondary N) is 1. The van der Waals surface area contributed by atoms with Crippen LogP contribution >= 0.6 is 0 Å². The van der Waals surface area contributed by atoms with Gasteiger partial charge in [-0.2, -0.15) is 0 Å². The molecular formula is C13H24N2O2. The average Bonchev–Trinajstić information content (AvgIpc) is 2.34. The van der Waals surface area contributed by atoms with Crippen LogP contribution < -0.4 is 5.32 Å². The van der Waals surface area contributed by atoms with Gasteiger partial charge in [-0.25, -0.2) is 4.79 Å². The average molecular weight is 240 g/mol. The van der Waals surface area contributed by atoms with Gasteiger partial charge >= 0.3 is 6.03 Å². The summed E-state index contributed by atoms with van der Waals surface area (Å²) in [5.41, 5.74) is 1.28. The van der Waals surface area contributed by atoms with Crippen LogP contribution in [0.5, 0.6) is 0 Å². The topological polar surface area (TPSA) is 52.6 Å². The van der Waals surface area contributed by atoms with Gasteiger partial charge in [0.25, 0.3) is 0 Å². The number of rotatable bonds is 4. The van der Waals surface area contributed by atoms with Gasteiger partial charge < -0.3 is 15.3 Å². The van der Waals surface area contributed by atoms with Crippen molar-refractivity contribution < 1.29 is 9.90 Å². The molecule has 1 atom stereocenters. The number of likely N-dealkylation sites (tertiary alicyclic amines) is 1. The number of hydrogen-bond acceptors (Lipinski definition) is 2. The first-order valence-electron chi connectivity index (χ1n) is 6.40. The van der Waals surface area contributed by atoms with Crippen LogP contribution in [-0.2, 0) is 0 Å². The normalized spacial score (nSPS) is 19.9. The van der Waals surface area contributed by atoms with Crippen molar-refractivity contribution in [3.8, 4) is 0 Å². The van der Waals surface area contributed by atoms with Crippen LogP contribution in [0.25, 0.3) is 0 Å². The summed E-state index contributed by atoms with van der Waals surface area (Å²) in [7, 11) is 0. The van der Waals surface area contributed by atoms with Gasteiger partial charge in [0, 0.05) is 26.2 Å². The molecule has 1 saturated heterocycles. The summed E-state index contributed by atoms with van der Waals surface area (Å²) in [6, 6.07) is 0.00491. The molecule has 0 spiro atoms. The first kappa shape index (κ1) is 14.0. The number of nitrogens with zero attached hydrogens (tertiary/aromatic N) is 1. The number of carbonyl (C=O) groups excluding carboxylic acids is 1. The number of allylic oxidation sites excluding steroid dienone is 1. The molecule has 2 amide bonds. The van der Waals surface area contributed by atoms with Crippen molar-refractivity contribution in [1.82, 2.24) is 10.2 Å². The Labute approximate surface area is 104 Å². The number of carbonyl (C=O) groups is 1. The number of piperidine rings is 1. The van der Waals surface area contributed by atoms with E-state index < -0.39 is 0 Å². The van der Waals surface area contributed by atoms with E-state index in [0.717, 1.165) is 25.8 Å². The number of amides is 2. The SMILES string of the molecule is CC(C)=CCCNC(=O)N1CCC[C@H](CO)C1. The molecular weight excluding hydrogens is 216 g/mol. The third-order valence-corrected chi connectivity index (χ3v) is 3.04. The van der Waals surface area contributed by atoms with Crippen molar-refractivity contribution in [3.63, 3.8) is 0 Å². The predicted molar refractivity (Wildman–Crippen MR) is 68.8 cm³/mol. The summed E-state index contributed by atoms with van der Waals surface area (Å²) in [4.78, 5) is 13.6. The van der Waals surface area contributed by atoms with Gasteiger partial charge in [-0.3, -0.25) is 0 Å². The lowest BCUT2D eigenvalue weighted by Crippen LogP contribution is -2.46. The monoisotopic (exact) mass is 240 g/mol. The van der Waals surface area contributed by atoms with Crippen LogP contribution in [0.3, 0.4) is 0 Å². The van der Waals surface area contributed by atoms with Gasteiger partial charge in [0.15, 0.2) is 0 Å². The zero-order valence-corrected chi connectivity index (χ0v) is 10.9. The molecule has 1 rings (SSSR count). The second kappa shape index (κ2) is 7.33. The third kappa shape index (κ3) is 5.22. The molecule has 1 aliphatic heterocycles. The third-order valence-electron chi connectivity index (χ3n) is 3.04. The van der Waals surface area contributed by atoms with E-state index in [1.807, 2.05) is 4.90 Å². The van der Waals surface area contributed by atoms with Crippen LogP contribution in [0.1, 0.15) is 33.1 Å². The van der Waals surface area contributed by atoms with Crippen molar-refractivity contribution in [2.75, 3.05) is 26.2 Å². The molecule has 1 fully saturated rings. The molecule has 2 N–H and O–H groups in total. The summed E-state index contributed by atoms with van der Waals surface area (Å²) < 4.78 is 0. The van der Waals surface area contributed by atoms with Gasteiger partial charge in [0.05, 0.1) is 0 Å². The van der Waals surface area contributed by atoms with Crippen molar-refractivity contribution in [2.24, 2.45) is 5.92 Å². The smallest absolute Gasteiger partial charge is 0.317 e. The number of hydrogen-bond donors (Lipinski definition) is 2. The maximum Gasteiger partial charge on any atom is 0.317 e. The van der Waals surface area contributed by atoms with Crippen LogP contribution in [0.2, 0.25) is 0 Å². The highest BCUT2D eigenvalue weighted by Crippen LogP contribution is 2.15. The molecule has 0 bridgehead atoms.